The first-order chi connectivity index (χ1) is 6.24. The van der Waals surface area contributed by atoms with Crippen LogP contribution in [0.15, 0.2) is 0 Å². The second-order valence-electron chi connectivity index (χ2n) is 1.80. The molecule has 1 atom stereocenters. The second-order valence-corrected chi connectivity index (χ2v) is 4.15. The molecule has 1 N–H and O–H groups in total. The highest BCUT2D eigenvalue weighted by molar-refractivity contribution is 7.55. The highest BCUT2D eigenvalue weighted by Gasteiger charge is 2.18. The van der Waals surface area contributed by atoms with E-state index in [9.17, 15) is 0 Å². The van der Waals surface area contributed by atoms with Gasteiger partial charge in [0.15, 0.2) is 0 Å². The third-order valence-corrected chi connectivity index (χ3v) is 3.35. The van der Waals surface area contributed by atoms with E-state index >= 15 is 0 Å². The molecule has 0 saturated heterocycles. The van der Waals surface area contributed by atoms with Crippen LogP contribution in [0.1, 0.15) is 20.8 Å². The van der Waals surface area contributed by atoms with Gasteiger partial charge < -0.3 is 18.5 Å². The molecule has 0 aliphatic carbocycles. The van der Waals surface area contributed by atoms with Crippen molar-refractivity contribution in [3.8, 4) is 0 Å². The summed E-state index contributed by atoms with van der Waals surface area (Å²) in [6.45, 7) is 6.82. The van der Waals surface area contributed by atoms with E-state index in [-0.39, 0.29) is 0 Å². The zero-order valence-corrected chi connectivity index (χ0v) is 9.88. The fraction of sp³-hybridized carbons (Fsp3) is 1.00. The van der Waals surface area contributed by atoms with Crippen molar-refractivity contribution >= 4 is 17.2 Å². The lowest BCUT2D eigenvalue weighted by Gasteiger charge is -2.16. The SMILES string of the molecule is CCOP(O)OP(OCC)OCC. The Balaban J connectivity index is 3.64. The Morgan fingerprint density at radius 1 is 0.923 bits per heavy atom. The summed E-state index contributed by atoms with van der Waals surface area (Å²) >= 11 is 0. The maximum absolute atomic E-state index is 9.15. The third kappa shape index (κ3) is 7.71. The van der Waals surface area contributed by atoms with Gasteiger partial charge in [-0.05, 0) is 20.8 Å². The van der Waals surface area contributed by atoms with Gasteiger partial charge in [0.05, 0.1) is 19.8 Å². The summed E-state index contributed by atoms with van der Waals surface area (Å²) in [7, 11) is -3.32. The Morgan fingerprint density at radius 3 is 1.77 bits per heavy atom. The molecular weight excluding hydrogens is 214 g/mol. The second kappa shape index (κ2) is 9.22. The molecule has 0 saturated carbocycles. The Kier molecular flexibility index (Phi) is 9.69. The van der Waals surface area contributed by atoms with E-state index in [1.54, 1.807) is 6.92 Å². The van der Waals surface area contributed by atoms with Gasteiger partial charge in [-0.2, -0.15) is 0 Å². The predicted octanol–water partition coefficient (Wildman–Crippen LogP) is 2.56. The van der Waals surface area contributed by atoms with Crippen molar-refractivity contribution in [2.24, 2.45) is 0 Å². The standard InChI is InChI=1S/C6H16O5P2/c1-4-8-12(7)11-13(9-5-2)10-6-3/h7H,4-6H2,1-3H3. The Morgan fingerprint density at radius 2 is 1.38 bits per heavy atom. The summed E-state index contributed by atoms with van der Waals surface area (Å²) in [5.41, 5.74) is 0. The van der Waals surface area contributed by atoms with Crippen LogP contribution in [-0.4, -0.2) is 24.7 Å². The molecule has 5 nitrogen and oxygen atoms in total. The van der Waals surface area contributed by atoms with Crippen molar-refractivity contribution in [2.75, 3.05) is 19.8 Å². The van der Waals surface area contributed by atoms with Crippen LogP contribution in [0.4, 0.5) is 0 Å². The first-order valence-electron chi connectivity index (χ1n) is 4.10. The fourth-order valence-electron chi connectivity index (χ4n) is 0.486. The van der Waals surface area contributed by atoms with Gasteiger partial charge in [0.1, 0.15) is 0 Å². The van der Waals surface area contributed by atoms with Crippen molar-refractivity contribution in [1.29, 1.82) is 0 Å². The van der Waals surface area contributed by atoms with E-state index in [0.29, 0.717) is 19.8 Å². The molecule has 0 aliphatic heterocycles. The van der Waals surface area contributed by atoms with Crippen LogP contribution < -0.4 is 0 Å². The lowest BCUT2D eigenvalue weighted by molar-refractivity contribution is 0.199. The summed E-state index contributed by atoms with van der Waals surface area (Å²) in [5, 5.41) is 0. The molecule has 80 valence electrons. The van der Waals surface area contributed by atoms with Crippen LogP contribution >= 0.6 is 17.2 Å². The molecule has 13 heavy (non-hydrogen) atoms. The topological polar surface area (TPSA) is 57.2 Å². The molecule has 0 rings (SSSR count). The molecule has 0 heterocycles. The molecule has 0 aromatic carbocycles. The van der Waals surface area contributed by atoms with Gasteiger partial charge >= 0.3 is 17.2 Å². The minimum atomic E-state index is -1.86. The maximum atomic E-state index is 9.15. The monoisotopic (exact) mass is 230 g/mol. The Bertz CT molecular complexity index is 109. The minimum absolute atomic E-state index is 0.406. The van der Waals surface area contributed by atoms with E-state index < -0.39 is 17.2 Å². The number of rotatable bonds is 8. The quantitative estimate of drug-likeness (QED) is 0.649. The summed E-state index contributed by atoms with van der Waals surface area (Å²) in [4.78, 5) is 9.15. The third-order valence-electron chi connectivity index (χ3n) is 0.845. The summed E-state index contributed by atoms with van der Waals surface area (Å²) in [6.07, 6.45) is 0. The zero-order valence-electron chi connectivity index (χ0n) is 8.10. The van der Waals surface area contributed by atoms with E-state index in [4.69, 9.17) is 22.8 Å². The Labute approximate surface area is 81.3 Å². The predicted molar refractivity (Wildman–Crippen MR) is 52.0 cm³/mol. The molecule has 1 unspecified atom stereocenters. The molecule has 0 radical (unpaired) electrons. The highest BCUT2D eigenvalue weighted by Crippen LogP contribution is 2.52. The van der Waals surface area contributed by atoms with Crippen LogP contribution in [0.2, 0.25) is 0 Å². The van der Waals surface area contributed by atoms with Crippen LogP contribution in [0.3, 0.4) is 0 Å². The van der Waals surface area contributed by atoms with E-state index in [0.717, 1.165) is 0 Å². The van der Waals surface area contributed by atoms with Gasteiger partial charge in [0.2, 0.25) is 0 Å². The minimum Gasteiger partial charge on any atom is -0.328 e. The molecule has 0 bridgehead atoms. The van der Waals surface area contributed by atoms with Crippen LogP contribution in [0, 0.1) is 0 Å². The molecule has 0 aromatic rings. The first kappa shape index (κ1) is 13.7. The van der Waals surface area contributed by atoms with Gasteiger partial charge in [-0.1, -0.05) is 0 Å². The van der Waals surface area contributed by atoms with Gasteiger partial charge in [0, 0.05) is 0 Å². The molecule has 7 heteroatoms. The van der Waals surface area contributed by atoms with Gasteiger partial charge in [-0.25, -0.2) is 4.31 Å². The largest absolute Gasteiger partial charge is 0.339 e. The molecule has 0 spiro atoms. The van der Waals surface area contributed by atoms with Gasteiger partial charge in [-0.3, -0.25) is 0 Å². The van der Waals surface area contributed by atoms with E-state index in [1.807, 2.05) is 13.8 Å². The van der Waals surface area contributed by atoms with Gasteiger partial charge in [0.25, 0.3) is 0 Å². The van der Waals surface area contributed by atoms with Crippen molar-refractivity contribution in [3.63, 3.8) is 0 Å². The van der Waals surface area contributed by atoms with Gasteiger partial charge in [-0.15, -0.1) is 0 Å². The van der Waals surface area contributed by atoms with Crippen LogP contribution in [0.25, 0.3) is 0 Å². The van der Waals surface area contributed by atoms with Crippen molar-refractivity contribution < 1.29 is 22.8 Å². The number of hydrogen-bond donors (Lipinski definition) is 1. The summed E-state index contributed by atoms with van der Waals surface area (Å²) in [6, 6.07) is 0. The summed E-state index contributed by atoms with van der Waals surface area (Å²) < 4.78 is 20.0. The maximum Gasteiger partial charge on any atom is 0.339 e. The lowest BCUT2D eigenvalue weighted by atomic mass is 10.9. The van der Waals surface area contributed by atoms with E-state index in [2.05, 4.69) is 0 Å². The summed E-state index contributed by atoms with van der Waals surface area (Å²) in [5.74, 6) is 0. The van der Waals surface area contributed by atoms with Crippen molar-refractivity contribution in [2.45, 2.75) is 20.8 Å². The smallest absolute Gasteiger partial charge is 0.328 e. The van der Waals surface area contributed by atoms with E-state index in [1.165, 1.54) is 0 Å². The average Bonchev–Trinajstić information content (AvgIpc) is 2.05. The first-order valence-corrected chi connectivity index (χ1v) is 6.33. The van der Waals surface area contributed by atoms with Crippen LogP contribution in [-0.2, 0) is 17.9 Å². The molecular formula is C6H16O5P2. The molecule has 0 amide bonds. The van der Waals surface area contributed by atoms with Crippen molar-refractivity contribution in [3.05, 3.63) is 0 Å². The Hall–Kier alpha value is 0.660. The number of hydrogen-bond acceptors (Lipinski definition) is 5. The highest BCUT2D eigenvalue weighted by atomic mass is 31.2. The van der Waals surface area contributed by atoms with Crippen LogP contribution in [0.5, 0.6) is 0 Å². The molecule has 0 aromatic heterocycles. The normalized spacial score (nSPS) is 13.6. The lowest BCUT2D eigenvalue weighted by Crippen LogP contribution is -1.94. The average molecular weight is 230 g/mol. The molecule has 0 aliphatic rings. The zero-order chi connectivity index (χ0) is 10.1. The fourth-order valence-corrected chi connectivity index (χ4v) is 2.23. The molecule has 0 fully saturated rings. The van der Waals surface area contributed by atoms with Crippen molar-refractivity contribution in [1.82, 2.24) is 0 Å².